The first-order valence-corrected chi connectivity index (χ1v) is 9.32. The molecule has 0 saturated heterocycles. The van der Waals surface area contributed by atoms with Gasteiger partial charge in [-0.2, -0.15) is 0 Å². The largest absolute Gasteiger partial charge is 0.494 e. The van der Waals surface area contributed by atoms with E-state index >= 15 is 0 Å². The molecule has 0 fully saturated rings. The summed E-state index contributed by atoms with van der Waals surface area (Å²) in [6, 6.07) is 11.8. The van der Waals surface area contributed by atoms with Crippen molar-refractivity contribution in [3.05, 3.63) is 53.9 Å². The van der Waals surface area contributed by atoms with Crippen LogP contribution >= 0.6 is 0 Å². The monoisotopic (exact) mass is 370 g/mol. The fraction of sp³-hybridized carbons (Fsp3) is 0.381. The molecule has 1 aromatic carbocycles. The summed E-state index contributed by atoms with van der Waals surface area (Å²) in [5.41, 5.74) is 0.884. The number of hydrogen-bond acceptors (Lipinski definition) is 5. The molecular weight excluding hydrogens is 344 g/mol. The summed E-state index contributed by atoms with van der Waals surface area (Å²) in [5.74, 6) is -0.172. The third-order valence-electron chi connectivity index (χ3n) is 3.85. The summed E-state index contributed by atoms with van der Waals surface area (Å²) in [6.07, 6.45) is 4.63. The number of carbonyl (C=O) groups excluding carboxylic acids is 2. The number of unbranched alkanes of at least 4 members (excludes halogenated alkanes) is 3. The van der Waals surface area contributed by atoms with Crippen LogP contribution in [0.1, 0.15) is 60.5 Å². The third-order valence-corrected chi connectivity index (χ3v) is 3.85. The first-order valence-electron chi connectivity index (χ1n) is 9.32. The van der Waals surface area contributed by atoms with Gasteiger partial charge in [0.1, 0.15) is 17.1 Å². The molecule has 0 unspecified atom stereocenters. The second-order valence-corrected chi connectivity index (χ2v) is 6.02. The lowest BCUT2D eigenvalue weighted by Crippen LogP contribution is -2.16. The van der Waals surface area contributed by atoms with Crippen LogP contribution < -0.4 is 10.1 Å². The van der Waals surface area contributed by atoms with Crippen molar-refractivity contribution in [1.82, 2.24) is 4.98 Å². The maximum atomic E-state index is 12.3. The van der Waals surface area contributed by atoms with E-state index < -0.39 is 11.9 Å². The topological polar surface area (TPSA) is 77.5 Å². The molecular formula is C21H26N2O4. The van der Waals surface area contributed by atoms with Crippen LogP contribution in [-0.4, -0.2) is 30.1 Å². The van der Waals surface area contributed by atoms with Crippen molar-refractivity contribution in [3.63, 3.8) is 0 Å². The highest BCUT2D eigenvalue weighted by Gasteiger charge is 2.13. The van der Waals surface area contributed by atoms with Gasteiger partial charge in [-0.25, -0.2) is 9.78 Å². The zero-order valence-electron chi connectivity index (χ0n) is 15.9. The first-order chi connectivity index (χ1) is 13.1. The number of esters is 1. The molecule has 1 N–H and O–H groups in total. The van der Waals surface area contributed by atoms with E-state index in [2.05, 4.69) is 17.2 Å². The van der Waals surface area contributed by atoms with Gasteiger partial charge in [0.15, 0.2) is 0 Å². The zero-order valence-corrected chi connectivity index (χ0v) is 15.9. The van der Waals surface area contributed by atoms with Gasteiger partial charge in [0.25, 0.3) is 5.91 Å². The maximum Gasteiger partial charge on any atom is 0.356 e. The number of benzene rings is 1. The molecule has 0 aliphatic rings. The van der Waals surface area contributed by atoms with Crippen LogP contribution in [0.3, 0.4) is 0 Å². The summed E-state index contributed by atoms with van der Waals surface area (Å²) in [7, 11) is 0. The van der Waals surface area contributed by atoms with Gasteiger partial charge >= 0.3 is 5.97 Å². The molecule has 2 aromatic rings. The summed E-state index contributed by atoms with van der Waals surface area (Å²) in [6.45, 7) is 4.84. The van der Waals surface area contributed by atoms with E-state index in [9.17, 15) is 9.59 Å². The van der Waals surface area contributed by atoms with Gasteiger partial charge in [-0.05, 0) is 49.7 Å². The molecule has 1 amide bonds. The molecule has 144 valence electrons. The Labute approximate surface area is 159 Å². The molecule has 0 aliphatic heterocycles. The molecule has 0 bridgehead atoms. The Balaban J connectivity index is 1.90. The lowest BCUT2D eigenvalue weighted by molar-refractivity contribution is 0.0519. The molecule has 0 atom stereocenters. The van der Waals surface area contributed by atoms with Crippen LogP contribution in [0.15, 0.2) is 42.5 Å². The number of anilines is 1. The molecule has 1 aromatic heterocycles. The Morgan fingerprint density at radius 3 is 2.41 bits per heavy atom. The van der Waals surface area contributed by atoms with Gasteiger partial charge in [-0.1, -0.05) is 32.3 Å². The maximum absolute atomic E-state index is 12.3. The summed E-state index contributed by atoms with van der Waals surface area (Å²) in [4.78, 5) is 28.1. The minimum absolute atomic E-state index is 0.108. The molecule has 6 heteroatoms. The Morgan fingerprint density at radius 1 is 0.963 bits per heavy atom. The van der Waals surface area contributed by atoms with Crippen LogP contribution in [0, 0.1) is 0 Å². The Hall–Kier alpha value is -2.89. The number of amides is 1. The Morgan fingerprint density at radius 2 is 1.70 bits per heavy atom. The van der Waals surface area contributed by atoms with Crippen molar-refractivity contribution in [2.75, 3.05) is 18.5 Å². The average Bonchev–Trinajstić information content (AvgIpc) is 2.69. The Bertz CT molecular complexity index is 744. The van der Waals surface area contributed by atoms with Gasteiger partial charge in [0.05, 0.1) is 13.2 Å². The van der Waals surface area contributed by atoms with Gasteiger partial charge in [0, 0.05) is 5.69 Å². The predicted octanol–water partition coefficient (Wildman–Crippen LogP) is 4.47. The molecule has 0 saturated carbocycles. The highest BCUT2D eigenvalue weighted by atomic mass is 16.5. The van der Waals surface area contributed by atoms with Crippen molar-refractivity contribution in [3.8, 4) is 5.75 Å². The van der Waals surface area contributed by atoms with Crippen molar-refractivity contribution in [2.45, 2.75) is 39.5 Å². The highest BCUT2D eigenvalue weighted by Crippen LogP contribution is 2.17. The van der Waals surface area contributed by atoms with Gasteiger partial charge in [-0.3, -0.25) is 4.79 Å². The summed E-state index contributed by atoms with van der Waals surface area (Å²) >= 11 is 0. The van der Waals surface area contributed by atoms with E-state index in [1.807, 2.05) is 12.1 Å². The second-order valence-electron chi connectivity index (χ2n) is 6.02. The number of rotatable bonds is 10. The smallest absolute Gasteiger partial charge is 0.356 e. The average molecular weight is 370 g/mol. The van der Waals surface area contributed by atoms with Crippen molar-refractivity contribution in [2.24, 2.45) is 0 Å². The van der Waals surface area contributed by atoms with Crippen LogP contribution in [0.5, 0.6) is 5.75 Å². The minimum atomic E-state index is -0.549. The van der Waals surface area contributed by atoms with E-state index in [-0.39, 0.29) is 18.0 Å². The van der Waals surface area contributed by atoms with E-state index in [0.29, 0.717) is 12.3 Å². The summed E-state index contributed by atoms with van der Waals surface area (Å²) in [5, 5.41) is 2.76. The molecule has 6 nitrogen and oxygen atoms in total. The second kappa shape index (κ2) is 11.0. The first kappa shape index (κ1) is 20.4. The number of aromatic nitrogens is 1. The number of hydrogen-bond donors (Lipinski definition) is 1. The van der Waals surface area contributed by atoms with Crippen LogP contribution in [0.2, 0.25) is 0 Å². The van der Waals surface area contributed by atoms with E-state index in [1.54, 1.807) is 31.2 Å². The number of ether oxygens (including phenoxy) is 2. The highest BCUT2D eigenvalue weighted by molar-refractivity contribution is 6.03. The van der Waals surface area contributed by atoms with Crippen LogP contribution in [0.25, 0.3) is 0 Å². The SMILES string of the molecule is CCCCCCOc1ccc(NC(=O)c2cccc(C(=O)OCC)n2)cc1. The van der Waals surface area contributed by atoms with E-state index in [1.165, 1.54) is 25.3 Å². The van der Waals surface area contributed by atoms with Crippen LogP contribution in [-0.2, 0) is 4.74 Å². The summed E-state index contributed by atoms with van der Waals surface area (Å²) < 4.78 is 10.6. The quantitative estimate of drug-likeness (QED) is 0.493. The fourth-order valence-corrected chi connectivity index (χ4v) is 2.43. The Kier molecular flexibility index (Phi) is 8.29. The van der Waals surface area contributed by atoms with Gasteiger partial charge < -0.3 is 14.8 Å². The molecule has 2 rings (SSSR count). The number of pyridine rings is 1. The van der Waals surface area contributed by atoms with Crippen molar-refractivity contribution >= 4 is 17.6 Å². The van der Waals surface area contributed by atoms with E-state index in [0.717, 1.165) is 12.2 Å². The lowest BCUT2D eigenvalue weighted by Gasteiger charge is -2.09. The van der Waals surface area contributed by atoms with Crippen molar-refractivity contribution < 1.29 is 19.1 Å². The minimum Gasteiger partial charge on any atom is -0.494 e. The molecule has 0 aliphatic carbocycles. The molecule has 0 spiro atoms. The molecule has 1 heterocycles. The normalized spacial score (nSPS) is 10.3. The third kappa shape index (κ3) is 6.73. The molecule has 0 radical (unpaired) electrons. The van der Waals surface area contributed by atoms with Gasteiger partial charge in [-0.15, -0.1) is 0 Å². The molecule has 27 heavy (non-hydrogen) atoms. The number of nitrogens with one attached hydrogen (secondary N) is 1. The zero-order chi connectivity index (χ0) is 19.5. The van der Waals surface area contributed by atoms with Crippen LogP contribution in [0.4, 0.5) is 5.69 Å². The predicted molar refractivity (Wildman–Crippen MR) is 104 cm³/mol. The number of nitrogens with zero attached hydrogens (tertiary/aromatic N) is 1. The lowest BCUT2D eigenvalue weighted by atomic mass is 10.2. The van der Waals surface area contributed by atoms with Crippen molar-refractivity contribution in [1.29, 1.82) is 0 Å². The van der Waals surface area contributed by atoms with E-state index in [4.69, 9.17) is 9.47 Å². The number of carbonyl (C=O) groups is 2. The fourth-order valence-electron chi connectivity index (χ4n) is 2.43. The standard InChI is InChI=1S/C21H26N2O4/c1-3-5-6-7-15-27-17-13-11-16(12-14-17)22-20(24)18-9-8-10-19(23-18)21(25)26-4-2/h8-14H,3-7,15H2,1-2H3,(H,22,24). The van der Waals surface area contributed by atoms with Gasteiger partial charge in [0.2, 0.25) is 0 Å².